The van der Waals surface area contributed by atoms with Crippen molar-refractivity contribution >= 4 is 40.2 Å². The molecule has 11 heteroatoms. The molecule has 0 N–H and O–H groups in total. The Bertz CT molecular complexity index is 789. The van der Waals surface area contributed by atoms with Crippen LogP contribution in [0.2, 0.25) is 4.34 Å². The van der Waals surface area contributed by atoms with Gasteiger partial charge in [-0.2, -0.15) is 13.2 Å². The van der Waals surface area contributed by atoms with E-state index in [0.29, 0.717) is 49.2 Å². The first-order chi connectivity index (χ1) is 13.3. The molecule has 2 aromatic heterocycles. The van der Waals surface area contributed by atoms with Gasteiger partial charge in [-0.3, -0.25) is 9.69 Å². The number of nitrogens with zero attached hydrogens (tertiary/aromatic N) is 3. The second-order valence-electron chi connectivity index (χ2n) is 6.30. The number of ether oxygens (including phenoxy) is 1. The van der Waals surface area contributed by atoms with Gasteiger partial charge >= 0.3 is 6.18 Å². The van der Waals surface area contributed by atoms with Crippen LogP contribution in [0.4, 0.5) is 13.2 Å². The zero-order chi connectivity index (χ0) is 20.1. The van der Waals surface area contributed by atoms with Crippen LogP contribution in [0.5, 0.6) is 0 Å². The van der Waals surface area contributed by atoms with E-state index >= 15 is 0 Å². The molecule has 1 aliphatic heterocycles. The minimum absolute atomic E-state index is 0.0764. The lowest BCUT2D eigenvalue weighted by Gasteiger charge is -2.34. The van der Waals surface area contributed by atoms with Gasteiger partial charge in [0, 0.05) is 44.7 Å². The number of alkyl halides is 3. The SMILES string of the molecule is O=C(c1csc(-c2ccc(Cl)s2)n1)N1CCN(CCCOCC(F)(F)F)CC1. The molecule has 1 amide bonds. The number of thiazole rings is 1. The Hall–Kier alpha value is -1.20. The van der Waals surface area contributed by atoms with Crippen LogP contribution in [0.3, 0.4) is 0 Å². The third-order valence-corrected chi connectivity index (χ3v) is 6.44. The molecule has 0 atom stereocenters. The lowest BCUT2D eigenvalue weighted by atomic mass is 10.2. The fourth-order valence-corrected chi connectivity index (χ4v) is 4.74. The summed E-state index contributed by atoms with van der Waals surface area (Å²) >= 11 is 8.78. The Morgan fingerprint density at radius 2 is 2.00 bits per heavy atom. The van der Waals surface area contributed by atoms with Crippen LogP contribution in [0, 0.1) is 0 Å². The van der Waals surface area contributed by atoms with E-state index in [9.17, 15) is 18.0 Å². The highest BCUT2D eigenvalue weighted by Crippen LogP contribution is 2.33. The first-order valence-corrected chi connectivity index (χ1v) is 10.8. The second kappa shape index (κ2) is 9.53. The number of aromatic nitrogens is 1. The summed E-state index contributed by atoms with van der Waals surface area (Å²) in [4.78, 5) is 21.9. The average molecular weight is 454 g/mol. The molecule has 3 heterocycles. The predicted molar refractivity (Wildman–Crippen MR) is 104 cm³/mol. The van der Waals surface area contributed by atoms with Gasteiger partial charge < -0.3 is 9.64 Å². The number of thiophene rings is 1. The molecule has 1 saturated heterocycles. The zero-order valence-electron chi connectivity index (χ0n) is 14.9. The average Bonchev–Trinajstić information content (AvgIpc) is 3.29. The number of carbonyl (C=O) groups excluding carboxylic acids is 1. The van der Waals surface area contributed by atoms with Crippen molar-refractivity contribution in [3.8, 4) is 9.88 Å². The van der Waals surface area contributed by atoms with Crippen molar-refractivity contribution in [1.29, 1.82) is 0 Å². The summed E-state index contributed by atoms with van der Waals surface area (Å²) < 4.78 is 41.3. The molecule has 0 unspecified atom stereocenters. The van der Waals surface area contributed by atoms with Crippen molar-refractivity contribution in [2.75, 3.05) is 45.9 Å². The maximum Gasteiger partial charge on any atom is 0.411 e. The van der Waals surface area contributed by atoms with Gasteiger partial charge in [0.1, 0.15) is 17.3 Å². The smallest absolute Gasteiger partial charge is 0.372 e. The third-order valence-electron chi connectivity index (χ3n) is 4.20. The second-order valence-corrected chi connectivity index (χ2v) is 8.87. The normalized spacial score (nSPS) is 15.9. The third kappa shape index (κ3) is 6.15. The molecular weight excluding hydrogens is 435 g/mol. The van der Waals surface area contributed by atoms with E-state index in [-0.39, 0.29) is 12.5 Å². The van der Waals surface area contributed by atoms with Gasteiger partial charge in [-0.1, -0.05) is 11.6 Å². The lowest BCUT2D eigenvalue weighted by Crippen LogP contribution is -2.49. The molecule has 1 aliphatic rings. The lowest BCUT2D eigenvalue weighted by molar-refractivity contribution is -0.174. The van der Waals surface area contributed by atoms with Crippen LogP contribution >= 0.6 is 34.3 Å². The largest absolute Gasteiger partial charge is 0.411 e. The number of rotatable bonds is 7. The maximum atomic E-state index is 12.7. The van der Waals surface area contributed by atoms with E-state index in [1.54, 1.807) is 16.3 Å². The zero-order valence-corrected chi connectivity index (χ0v) is 17.3. The Labute approximate surface area is 173 Å². The number of hydrogen-bond acceptors (Lipinski definition) is 6. The summed E-state index contributed by atoms with van der Waals surface area (Å²) in [6.45, 7) is 2.03. The first-order valence-electron chi connectivity index (χ1n) is 8.69. The van der Waals surface area contributed by atoms with E-state index in [1.165, 1.54) is 22.7 Å². The number of piperazine rings is 1. The molecule has 0 bridgehead atoms. The minimum Gasteiger partial charge on any atom is -0.372 e. The summed E-state index contributed by atoms with van der Waals surface area (Å²) in [6.07, 6.45) is -3.75. The fourth-order valence-electron chi connectivity index (χ4n) is 2.83. The predicted octanol–water partition coefficient (Wildman–Crippen LogP) is 4.25. The van der Waals surface area contributed by atoms with Crippen molar-refractivity contribution in [3.05, 3.63) is 27.5 Å². The molecule has 154 valence electrons. The van der Waals surface area contributed by atoms with Crippen LogP contribution in [0.15, 0.2) is 17.5 Å². The van der Waals surface area contributed by atoms with Crippen molar-refractivity contribution < 1.29 is 22.7 Å². The van der Waals surface area contributed by atoms with Crippen molar-refractivity contribution in [1.82, 2.24) is 14.8 Å². The van der Waals surface area contributed by atoms with Crippen LogP contribution in [-0.2, 0) is 4.74 Å². The molecule has 5 nitrogen and oxygen atoms in total. The number of amides is 1. The van der Waals surface area contributed by atoms with Crippen LogP contribution in [-0.4, -0.2) is 72.8 Å². The van der Waals surface area contributed by atoms with Crippen molar-refractivity contribution in [3.63, 3.8) is 0 Å². The van der Waals surface area contributed by atoms with E-state index in [4.69, 9.17) is 11.6 Å². The van der Waals surface area contributed by atoms with Gasteiger partial charge in [-0.25, -0.2) is 4.98 Å². The molecule has 0 spiro atoms. The van der Waals surface area contributed by atoms with Crippen LogP contribution in [0.25, 0.3) is 9.88 Å². The van der Waals surface area contributed by atoms with Gasteiger partial charge in [0.25, 0.3) is 5.91 Å². The van der Waals surface area contributed by atoms with Crippen molar-refractivity contribution in [2.45, 2.75) is 12.6 Å². The fraction of sp³-hybridized carbons (Fsp3) is 0.529. The quantitative estimate of drug-likeness (QED) is 0.588. The van der Waals surface area contributed by atoms with Gasteiger partial charge in [0.05, 0.1) is 9.21 Å². The summed E-state index contributed by atoms with van der Waals surface area (Å²) in [6, 6.07) is 3.69. The van der Waals surface area contributed by atoms with E-state index < -0.39 is 12.8 Å². The Morgan fingerprint density at radius 1 is 1.25 bits per heavy atom. The summed E-state index contributed by atoms with van der Waals surface area (Å²) in [5.74, 6) is -0.0988. The number of carbonyl (C=O) groups is 1. The molecule has 28 heavy (non-hydrogen) atoms. The number of hydrogen-bond donors (Lipinski definition) is 0. The molecular formula is C17H19ClF3N3O2S2. The van der Waals surface area contributed by atoms with Crippen LogP contribution in [0.1, 0.15) is 16.9 Å². The van der Waals surface area contributed by atoms with E-state index in [0.717, 1.165) is 9.88 Å². The van der Waals surface area contributed by atoms with E-state index in [2.05, 4.69) is 14.6 Å². The maximum absolute atomic E-state index is 12.7. The Balaban J connectivity index is 1.41. The Morgan fingerprint density at radius 3 is 2.64 bits per heavy atom. The van der Waals surface area contributed by atoms with Crippen molar-refractivity contribution in [2.24, 2.45) is 0 Å². The highest BCUT2D eigenvalue weighted by molar-refractivity contribution is 7.23. The first kappa shape index (κ1) is 21.5. The highest BCUT2D eigenvalue weighted by atomic mass is 35.5. The minimum atomic E-state index is -4.28. The van der Waals surface area contributed by atoms with Crippen LogP contribution < -0.4 is 0 Å². The molecule has 0 radical (unpaired) electrons. The van der Waals surface area contributed by atoms with Gasteiger partial charge in [0.2, 0.25) is 0 Å². The Kier molecular flexibility index (Phi) is 7.32. The molecule has 1 fully saturated rings. The molecule has 2 aromatic rings. The summed E-state index contributed by atoms with van der Waals surface area (Å²) in [5.41, 5.74) is 0.429. The summed E-state index contributed by atoms with van der Waals surface area (Å²) in [7, 11) is 0. The molecule has 3 rings (SSSR count). The molecule has 0 saturated carbocycles. The monoisotopic (exact) mass is 453 g/mol. The standard InChI is InChI=1S/C17H19ClF3N3O2S2/c18-14-3-2-13(28-14)15-22-12(10-27-15)16(25)24-7-5-23(6-8-24)4-1-9-26-11-17(19,20)21/h2-3,10H,1,4-9,11H2. The highest BCUT2D eigenvalue weighted by Gasteiger charge is 2.27. The van der Waals surface area contributed by atoms with Gasteiger partial charge in [-0.05, 0) is 18.6 Å². The molecule has 0 aromatic carbocycles. The van der Waals surface area contributed by atoms with Gasteiger partial charge in [-0.15, -0.1) is 22.7 Å². The summed E-state index contributed by atoms with van der Waals surface area (Å²) in [5, 5.41) is 2.54. The van der Waals surface area contributed by atoms with Gasteiger partial charge in [0.15, 0.2) is 0 Å². The number of halogens is 4. The topological polar surface area (TPSA) is 45.7 Å². The molecule has 0 aliphatic carbocycles. The van der Waals surface area contributed by atoms with E-state index in [1.807, 2.05) is 6.07 Å².